The van der Waals surface area contributed by atoms with Gasteiger partial charge in [-0.05, 0) is 77.0 Å². The minimum absolute atomic E-state index is 0.164. The van der Waals surface area contributed by atoms with Crippen LogP contribution in [0.2, 0.25) is 0 Å². The number of carbonyl (C=O) groups excluding carboxylic acids is 3. The molecule has 0 radical (unpaired) electrons. The molecule has 3 aromatic rings. The zero-order valence-corrected chi connectivity index (χ0v) is 29.5. The lowest BCUT2D eigenvalue weighted by Crippen LogP contribution is -2.57. The van der Waals surface area contributed by atoms with Crippen molar-refractivity contribution >= 4 is 34.8 Å². The molecule has 8 nitrogen and oxygen atoms in total. The lowest BCUT2D eigenvalue weighted by Gasteiger charge is -2.39. The van der Waals surface area contributed by atoms with Gasteiger partial charge >= 0.3 is 0 Å². The minimum atomic E-state index is -1.22. The Morgan fingerprint density at radius 2 is 1.17 bits per heavy atom. The SMILES string of the molecule is CCC(C(=O)c1ccccc1)(C(=O)c1ccc(N2CCOCC2)cc1)N(C)C.CSc1ccc(C(=O)C(C)(C)N2CCOCC2)cc1. The Balaban J connectivity index is 0.000000229. The lowest BCUT2D eigenvalue weighted by atomic mass is 9.79. The molecule has 3 aromatic carbocycles. The molecule has 2 heterocycles. The van der Waals surface area contributed by atoms with E-state index in [0.29, 0.717) is 44.0 Å². The van der Waals surface area contributed by atoms with Gasteiger partial charge in [0.1, 0.15) is 5.54 Å². The third kappa shape index (κ3) is 8.39. The van der Waals surface area contributed by atoms with Crippen molar-refractivity contribution in [1.29, 1.82) is 0 Å². The Labute approximate surface area is 284 Å². The van der Waals surface area contributed by atoms with Crippen molar-refractivity contribution < 1.29 is 23.9 Å². The Bertz CT molecular complexity index is 1470. The second-order valence-electron chi connectivity index (χ2n) is 12.5. The summed E-state index contributed by atoms with van der Waals surface area (Å²) in [5.74, 6) is -0.146. The van der Waals surface area contributed by atoms with E-state index in [4.69, 9.17) is 9.47 Å². The van der Waals surface area contributed by atoms with Crippen molar-refractivity contribution in [1.82, 2.24) is 9.80 Å². The van der Waals surface area contributed by atoms with Crippen molar-refractivity contribution in [2.24, 2.45) is 0 Å². The van der Waals surface area contributed by atoms with E-state index in [0.717, 1.165) is 37.4 Å². The second-order valence-corrected chi connectivity index (χ2v) is 13.4. The summed E-state index contributed by atoms with van der Waals surface area (Å²) < 4.78 is 10.8. The molecule has 0 aliphatic carbocycles. The summed E-state index contributed by atoms with van der Waals surface area (Å²) in [5, 5.41) is 0. The third-order valence-electron chi connectivity index (χ3n) is 9.28. The van der Waals surface area contributed by atoms with Crippen LogP contribution in [-0.2, 0) is 9.47 Å². The predicted molar refractivity (Wildman–Crippen MR) is 190 cm³/mol. The molecule has 0 bridgehead atoms. The van der Waals surface area contributed by atoms with Gasteiger partial charge in [-0.15, -0.1) is 11.8 Å². The van der Waals surface area contributed by atoms with E-state index in [-0.39, 0.29) is 17.3 Å². The topological polar surface area (TPSA) is 79.4 Å². The number of morpholine rings is 2. The highest BCUT2D eigenvalue weighted by Crippen LogP contribution is 2.29. The summed E-state index contributed by atoms with van der Waals surface area (Å²) >= 11 is 1.69. The fourth-order valence-corrected chi connectivity index (χ4v) is 6.63. The van der Waals surface area contributed by atoms with Crippen molar-refractivity contribution in [3.05, 3.63) is 95.6 Å². The number of carbonyl (C=O) groups is 3. The van der Waals surface area contributed by atoms with E-state index in [1.165, 1.54) is 4.90 Å². The molecule has 1 atom stereocenters. The lowest BCUT2D eigenvalue weighted by molar-refractivity contribution is -0.00430. The van der Waals surface area contributed by atoms with Gasteiger partial charge in [0.2, 0.25) is 0 Å². The highest BCUT2D eigenvalue weighted by Gasteiger charge is 2.46. The number of ether oxygens (including phenoxy) is 2. The molecule has 0 spiro atoms. The molecule has 2 saturated heterocycles. The third-order valence-corrected chi connectivity index (χ3v) is 10.0. The van der Waals surface area contributed by atoms with Crippen molar-refractivity contribution in [3.8, 4) is 0 Å². The normalized spacial score (nSPS) is 17.0. The molecular formula is C38H49N3O5S. The molecule has 5 rings (SSSR count). The number of hydrogen-bond acceptors (Lipinski definition) is 9. The first-order valence-electron chi connectivity index (χ1n) is 16.3. The molecule has 2 fully saturated rings. The van der Waals surface area contributed by atoms with Gasteiger partial charge < -0.3 is 14.4 Å². The van der Waals surface area contributed by atoms with Crippen LogP contribution in [-0.4, -0.2) is 111 Å². The summed E-state index contributed by atoms with van der Waals surface area (Å²) in [4.78, 5) is 47.0. The predicted octanol–water partition coefficient (Wildman–Crippen LogP) is 6.00. The summed E-state index contributed by atoms with van der Waals surface area (Å²) in [6.45, 7) is 12.1. The van der Waals surface area contributed by atoms with E-state index in [1.54, 1.807) is 42.9 Å². The zero-order chi connectivity index (χ0) is 34.0. The highest BCUT2D eigenvalue weighted by atomic mass is 32.2. The number of Topliss-reactive ketones (excluding diaryl/α,β-unsaturated/α-hetero) is 3. The van der Waals surface area contributed by atoms with Gasteiger partial charge in [-0.25, -0.2) is 0 Å². The molecule has 0 saturated carbocycles. The van der Waals surface area contributed by atoms with Gasteiger partial charge in [0.15, 0.2) is 17.3 Å². The number of thioether (sulfide) groups is 1. The first-order chi connectivity index (χ1) is 22.6. The van der Waals surface area contributed by atoms with Gasteiger partial charge in [-0.1, -0.05) is 49.4 Å². The summed E-state index contributed by atoms with van der Waals surface area (Å²) in [6.07, 6.45) is 2.44. The molecule has 9 heteroatoms. The monoisotopic (exact) mass is 659 g/mol. The van der Waals surface area contributed by atoms with E-state index in [1.807, 2.05) is 93.8 Å². The van der Waals surface area contributed by atoms with Gasteiger partial charge in [-0.2, -0.15) is 0 Å². The maximum Gasteiger partial charge on any atom is 0.191 e. The molecule has 2 aliphatic rings. The molecule has 0 N–H and O–H groups in total. The van der Waals surface area contributed by atoms with Crippen LogP contribution in [0.15, 0.2) is 83.8 Å². The molecule has 1 unspecified atom stereocenters. The second kappa shape index (κ2) is 16.7. The summed E-state index contributed by atoms with van der Waals surface area (Å²) in [5.41, 5.74) is 1.27. The largest absolute Gasteiger partial charge is 0.379 e. The fourth-order valence-electron chi connectivity index (χ4n) is 6.22. The Morgan fingerprint density at radius 3 is 1.66 bits per heavy atom. The maximum atomic E-state index is 13.5. The maximum absolute atomic E-state index is 13.5. The van der Waals surface area contributed by atoms with E-state index in [9.17, 15) is 14.4 Å². The van der Waals surface area contributed by atoms with Crippen LogP contribution in [0.25, 0.3) is 0 Å². The number of benzene rings is 3. The number of hydrogen-bond donors (Lipinski definition) is 0. The Kier molecular flexibility index (Phi) is 12.9. The van der Waals surface area contributed by atoms with Crippen molar-refractivity contribution in [3.63, 3.8) is 0 Å². The van der Waals surface area contributed by atoms with Crippen LogP contribution in [0.4, 0.5) is 5.69 Å². The first kappa shape index (κ1) is 36.5. The molecule has 47 heavy (non-hydrogen) atoms. The number of ketones is 3. The highest BCUT2D eigenvalue weighted by molar-refractivity contribution is 7.98. The number of rotatable bonds is 11. The van der Waals surface area contributed by atoms with Crippen LogP contribution in [0.1, 0.15) is 58.3 Å². The van der Waals surface area contributed by atoms with Gasteiger partial charge in [0.25, 0.3) is 0 Å². The average Bonchev–Trinajstić information content (AvgIpc) is 3.13. The fraction of sp³-hybridized carbons (Fsp3) is 0.447. The number of anilines is 1. The van der Waals surface area contributed by atoms with Gasteiger partial charge in [0, 0.05) is 53.5 Å². The van der Waals surface area contributed by atoms with Crippen molar-refractivity contribution in [2.45, 2.75) is 43.2 Å². The minimum Gasteiger partial charge on any atom is -0.379 e. The number of nitrogens with zero attached hydrogens (tertiary/aromatic N) is 3. The molecular weight excluding hydrogens is 611 g/mol. The van der Waals surface area contributed by atoms with Gasteiger partial charge in [-0.3, -0.25) is 24.2 Å². The average molecular weight is 660 g/mol. The molecule has 252 valence electrons. The van der Waals surface area contributed by atoms with Gasteiger partial charge in [0.05, 0.1) is 32.0 Å². The molecule has 0 amide bonds. The quantitative estimate of drug-likeness (QED) is 0.140. The summed E-state index contributed by atoms with van der Waals surface area (Å²) in [6, 6.07) is 24.5. The molecule has 0 aromatic heterocycles. The Hall–Kier alpha value is -3.34. The number of likely N-dealkylation sites (N-methyl/N-ethyl adjacent to an activating group) is 1. The zero-order valence-electron chi connectivity index (χ0n) is 28.7. The van der Waals surface area contributed by atoms with Crippen LogP contribution in [0.3, 0.4) is 0 Å². The van der Waals surface area contributed by atoms with Crippen molar-refractivity contribution in [2.75, 3.05) is 77.9 Å². The Morgan fingerprint density at radius 1 is 0.702 bits per heavy atom. The van der Waals surface area contributed by atoms with Crippen LogP contribution in [0, 0.1) is 0 Å². The smallest absolute Gasteiger partial charge is 0.191 e. The van der Waals surface area contributed by atoms with Crippen LogP contribution < -0.4 is 4.90 Å². The first-order valence-corrected chi connectivity index (χ1v) is 17.5. The van der Waals surface area contributed by atoms with E-state index >= 15 is 0 Å². The molecule has 2 aliphatic heterocycles. The standard InChI is InChI=1S/C23H28N2O3.C15H21NO2S/c1-4-23(24(2)3,21(26)18-8-6-5-7-9-18)22(27)19-10-12-20(13-11-19)25-14-16-28-17-15-25;1-15(2,16-8-10-18-11-9-16)14(17)12-4-6-13(19-3)7-5-12/h5-13H,4,14-17H2,1-3H3;4-7H,8-11H2,1-3H3. The van der Waals surface area contributed by atoms with E-state index in [2.05, 4.69) is 9.80 Å². The summed E-state index contributed by atoms with van der Waals surface area (Å²) in [7, 11) is 3.59. The van der Waals surface area contributed by atoms with Crippen LogP contribution in [0.5, 0.6) is 0 Å². The van der Waals surface area contributed by atoms with Crippen LogP contribution >= 0.6 is 11.8 Å². The van der Waals surface area contributed by atoms with E-state index < -0.39 is 11.1 Å².